The summed E-state index contributed by atoms with van der Waals surface area (Å²) in [5, 5.41) is 3.91. The first kappa shape index (κ1) is 11.4. The van der Waals surface area contributed by atoms with E-state index in [1.165, 1.54) is 4.90 Å². The van der Waals surface area contributed by atoms with Gasteiger partial charge in [0, 0.05) is 22.9 Å². The van der Waals surface area contributed by atoms with E-state index >= 15 is 0 Å². The molecule has 3 heteroatoms. The minimum Gasteiger partial charge on any atom is -0.370 e. The normalized spacial score (nSPS) is 10.6. The highest BCUT2D eigenvalue weighted by Crippen LogP contribution is 2.23. The Morgan fingerprint density at radius 1 is 1.50 bits per heavy atom. The largest absolute Gasteiger partial charge is 0.370 e. The second-order valence-corrected chi connectivity index (χ2v) is 5.12. The van der Waals surface area contributed by atoms with Crippen molar-refractivity contribution in [3.63, 3.8) is 0 Å². The Labute approximate surface area is 90.5 Å². The molecule has 0 aromatic carbocycles. The van der Waals surface area contributed by atoms with E-state index in [-0.39, 0.29) is 0 Å². The molecule has 1 aromatic heterocycles. The number of hydrogen-bond acceptors (Lipinski definition) is 3. The molecular formula is C11H18N2S. The van der Waals surface area contributed by atoms with Gasteiger partial charge in [-0.2, -0.15) is 0 Å². The Morgan fingerprint density at radius 3 is 2.93 bits per heavy atom. The van der Waals surface area contributed by atoms with Gasteiger partial charge in [-0.05, 0) is 18.6 Å². The fraction of sp³-hybridized carbons (Fsp3) is 0.545. The van der Waals surface area contributed by atoms with Crippen LogP contribution in [0.25, 0.3) is 0 Å². The summed E-state index contributed by atoms with van der Waals surface area (Å²) in [5.74, 6) is 0.984. The van der Waals surface area contributed by atoms with E-state index in [1.54, 1.807) is 0 Å². The summed E-state index contributed by atoms with van der Waals surface area (Å²) in [6, 6.07) is 4.17. The predicted octanol–water partition coefficient (Wildman–Crippen LogP) is 3.40. The van der Waals surface area contributed by atoms with Crippen LogP contribution >= 0.6 is 11.8 Å². The van der Waals surface area contributed by atoms with Crippen LogP contribution in [-0.2, 0) is 0 Å². The quantitative estimate of drug-likeness (QED) is 0.754. The van der Waals surface area contributed by atoms with Gasteiger partial charge in [0.05, 0.1) is 0 Å². The Kier molecular flexibility index (Phi) is 4.80. The first-order chi connectivity index (χ1) is 6.72. The number of nitrogens with one attached hydrogen (secondary N) is 1. The standard InChI is InChI=1S/C11H18N2S/c1-4-6-12-11-8-10(5-7-13-11)14-9(2)3/h5,7-9H,4,6H2,1-3H3,(H,12,13). The smallest absolute Gasteiger partial charge is 0.126 e. The Bertz CT molecular complexity index is 274. The molecule has 1 N–H and O–H groups in total. The molecule has 0 amide bonds. The monoisotopic (exact) mass is 210 g/mol. The molecule has 0 fully saturated rings. The minimum atomic E-state index is 0.622. The molecule has 78 valence electrons. The number of pyridine rings is 1. The maximum atomic E-state index is 4.26. The summed E-state index contributed by atoms with van der Waals surface area (Å²) in [6.07, 6.45) is 2.99. The van der Waals surface area contributed by atoms with Gasteiger partial charge in [-0.15, -0.1) is 11.8 Å². The lowest BCUT2D eigenvalue weighted by Crippen LogP contribution is -2.01. The first-order valence-electron chi connectivity index (χ1n) is 5.09. The molecule has 0 aliphatic heterocycles. The molecule has 0 radical (unpaired) electrons. The summed E-state index contributed by atoms with van der Waals surface area (Å²) in [6.45, 7) is 7.54. The summed E-state index contributed by atoms with van der Waals surface area (Å²) in [4.78, 5) is 5.55. The van der Waals surface area contributed by atoms with Crippen LogP contribution in [0.4, 0.5) is 5.82 Å². The molecule has 0 aliphatic carbocycles. The van der Waals surface area contributed by atoms with Gasteiger partial charge in [0.25, 0.3) is 0 Å². The maximum Gasteiger partial charge on any atom is 0.126 e. The van der Waals surface area contributed by atoms with Crippen molar-refractivity contribution in [2.24, 2.45) is 0 Å². The maximum absolute atomic E-state index is 4.26. The van der Waals surface area contributed by atoms with E-state index in [0.717, 1.165) is 18.8 Å². The van der Waals surface area contributed by atoms with Crippen molar-refractivity contribution in [1.82, 2.24) is 4.98 Å². The molecule has 0 saturated carbocycles. The van der Waals surface area contributed by atoms with Crippen molar-refractivity contribution in [2.45, 2.75) is 37.3 Å². The van der Waals surface area contributed by atoms with Crippen molar-refractivity contribution in [3.05, 3.63) is 18.3 Å². The topological polar surface area (TPSA) is 24.9 Å². The van der Waals surface area contributed by atoms with Crippen LogP contribution in [0.1, 0.15) is 27.2 Å². The summed E-state index contributed by atoms with van der Waals surface area (Å²) in [5.41, 5.74) is 0. The highest BCUT2D eigenvalue weighted by molar-refractivity contribution is 7.99. The Balaban J connectivity index is 2.59. The van der Waals surface area contributed by atoms with Gasteiger partial charge in [-0.25, -0.2) is 4.98 Å². The molecule has 0 bridgehead atoms. The molecule has 0 atom stereocenters. The molecule has 0 unspecified atom stereocenters. The average molecular weight is 210 g/mol. The SMILES string of the molecule is CCCNc1cc(SC(C)C)ccn1. The average Bonchev–Trinajstić information content (AvgIpc) is 2.14. The lowest BCUT2D eigenvalue weighted by Gasteiger charge is -2.07. The van der Waals surface area contributed by atoms with E-state index < -0.39 is 0 Å². The van der Waals surface area contributed by atoms with Crippen molar-refractivity contribution < 1.29 is 0 Å². The van der Waals surface area contributed by atoms with E-state index in [0.29, 0.717) is 5.25 Å². The Hall–Kier alpha value is -0.700. The van der Waals surface area contributed by atoms with E-state index in [4.69, 9.17) is 0 Å². The zero-order chi connectivity index (χ0) is 10.4. The molecule has 1 aromatic rings. The summed E-state index contributed by atoms with van der Waals surface area (Å²) in [7, 11) is 0. The van der Waals surface area contributed by atoms with Gasteiger partial charge in [-0.3, -0.25) is 0 Å². The van der Waals surface area contributed by atoms with Crippen LogP contribution in [0.2, 0.25) is 0 Å². The molecule has 0 spiro atoms. The zero-order valence-corrected chi connectivity index (χ0v) is 9.90. The van der Waals surface area contributed by atoms with Gasteiger partial charge in [0.15, 0.2) is 0 Å². The van der Waals surface area contributed by atoms with Crippen LogP contribution in [0.15, 0.2) is 23.2 Å². The second-order valence-electron chi connectivity index (χ2n) is 3.47. The van der Waals surface area contributed by atoms with Gasteiger partial charge in [0.1, 0.15) is 5.82 Å². The van der Waals surface area contributed by atoms with E-state index in [1.807, 2.05) is 18.0 Å². The number of hydrogen-bond donors (Lipinski definition) is 1. The lowest BCUT2D eigenvalue weighted by atomic mass is 10.4. The first-order valence-corrected chi connectivity index (χ1v) is 5.97. The van der Waals surface area contributed by atoms with E-state index in [2.05, 4.69) is 43.2 Å². The van der Waals surface area contributed by atoms with Crippen LogP contribution in [0.5, 0.6) is 0 Å². The third-order valence-electron chi connectivity index (χ3n) is 1.66. The molecule has 0 saturated heterocycles. The number of aromatic nitrogens is 1. The van der Waals surface area contributed by atoms with Crippen molar-refractivity contribution in [3.8, 4) is 0 Å². The molecule has 0 aliphatic rings. The van der Waals surface area contributed by atoms with Crippen LogP contribution < -0.4 is 5.32 Å². The van der Waals surface area contributed by atoms with Crippen molar-refractivity contribution >= 4 is 17.6 Å². The fourth-order valence-electron chi connectivity index (χ4n) is 1.11. The van der Waals surface area contributed by atoms with Crippen LogP contribution in [-0.4, -0.2) is 16.8 Å². The molecule has 2 nitrogen and oxygen atoms in total. The van der Waals surface area contributed by atoms with Crippen molar-refractivity contribution in [2.75, 3.05) is 11.9 Å². The lowest BCUT2D eigenvalue weighted by molar-refractivity contribution is 0.967. The van der Waals surface area contributed by atoms with Gasteiger partial charge >= 0.3 is 0 Å². The van der Waals surface area contributed by atoms with Crippen LogP contribution in [0.3, 0.4) is 0 Å². The fourth-order valence-corrected chi connectivity index (χ4v) is 1.97. The number of rotatable bonds is 5. The molecule has 14 heavy (non-hydrogen) atoms. The van der Waals surface area contributed by atoms with Crippen molar-refractivity contribution in [1.29, 1.82) is 0 Å². The molecule has 1 rings (SSSR count). The highest BCUT2D eigenvalue weighted by atomic mass is 32.2. The number of nitrogens with zero attached hydrogens (tertiary/aromatic N) is 1. The third kappa shape index (κ3) is 4.01. The summed E-state index contributed by atoms with van der Waals surface area (Å²) >= 11 is 1.87. The van der Waals surface area contributed by atoms with Gasteiger partial charge in [-0.1, -0.05) is 20.8 Å². The van der Waals surface area contributed by atoms with Gasteiger partial charge in [0.2, 0.25) is 0 Å². The third-order valence-corrected chi connectivity index (χ3v) is 2.66. The second kappa shape index (κ2) is 5.91. The number of anilines is 1. The predicted molar refractivity (Wildman–Crippen MR) is 64.0 cm³/mol. The van der Waals surface area contributed by atoms with E-state index in [9.17, 15) is 0 Å². The minimum absolute atomic E-state index is 0.622. The Morgan fingerprint density at radius 2 is 2.29 bits per heavy atom. The summed E-state index contributed by atoms with van der Waals surface area (Å²) < 4.78 is 0. The van der Waals surface area contributed by atoms with Gasteiger partial charge < -0.3 is 5.32 Å². The highest BCUT2D eigenvalue weighted by Gasteiger charge is 1.99. The zero-order valence-electron chi connectivity index (χ0n) is 9.08. The number of thioether (sulfide) groups is 1. The molecular weight excluding hydrogens is 192 g/mol. The molecule has 1 heterocycles. The van der Waals surface area contributed by atoms with Crippen LogP contribution in [0, 0.1) is 0 Å².